The largest absolute Gasteiger partial charge is 0.461 e. The number of carbonyl (C=O) groups excluding carboxylic acids is 2. The number of hydrogen-bond acceptors (Lipinski definition) is 5. The van der Waals surface area contributed by atoms with Gasteiger partial charge >= 0.3 is 5.97 Å². The molecule has 1 amide bonds. The molecule has 20 heavy (non-hydrogen) atoms. The average Bonchev–Trinajstić information content (AvgIpc) is 2.88. The summed E-state index contributed by atoms with van der Waals surface area (Å²) in [6.45, 7) is 2.00. The highest BCUT2D eigenvalue weighted by Crippen LogP contribution is 2.18. The van der Waals surface area contributed by atoms with Gasteiger partial charge in [-0.25, -0.2) is 9.78 Å². The Labute approximate surface area is 124 Å². The van der Waals surface area contributed by atoms with E-state index in [1.54, 1.807) is 31.2 Å². The van der Waals surface area contributed by atoms with E-state index >= 15 is 0 Å². The first-order valence-corrected chi connectivity index (χ1v) is 7.05. The minimum absolute atomic E-state index is 0.184. The van der Waals surface area contributed by atoms with E-state index in [0.717, 1.165) is 11.3 Å². The van der Waals surface area contributed by atoms with Crippen LogP contribution in [0.15, 0.2) is 29.6 Å². The number of anilines is 1. The van der Waals surface area contributed by atoms with Gasteiger partial charge in [-0.05, 0) is 31.2 Å². The second kappa shape index (κ2) is 6.49. The summed E-state index contributed by atoms with van der Waals surface area (Å²) in [5.41, 5.74) is 0.644. The van der Waals surface area contributed by atoms with Gasteiger partial charge < -0.3 is 4.74 Å². The van der Waals surface area contributed by atoms with Gasteiger partial charge in [-0.15, -0.1) is 11.3 Å². The van der Waals surface area contributed by atoms with E-state index in [2.05, 4.69) is 10.3 Å². The highest BCUT2D eigenvalue weighted by atomic mass is 35.5. The maximum atomic E-state index is 11.9. The van der Waals surface area contributed by atoms with Gasteiger partial charge in [0.25, 0.3) is 5.91 Å². The van der Waals surface area contributed by atoms with Crippen molar-refractivity contribution in [2.24, 2.45) is 0 Å². The maximum Gasteiger partial charge on any atom is 0.357 e. The molecule has 0 aliphatic rings. The minimum atomic E-state index is -0.504. The number of benzene rings is 1. The molecule has 0 spiro atoms. The monoisotopic (exact) mass is 310 g/mol. The van der Waals surface area contributed by atoms with E-state index in [9.17, 15) is 9.59 Å². The van der Waals surface area contributed by atoms with Crippen LogP contribution in [0.1, 0.15) is 27.8 Å². The van der Waals surface area contributed by atoms with Crippen molar-refractivity contribution in [3.8, 4) is 0 Å². The van der Waals surface area contributed by atoms with Crippen molar-refractivity contribution in [2.45, 2.75) is 6.92 Å². The van der Waals surface area contributed by atoms with Crippen LogP contribution in [-0.2, 0) is 4.74 Å². The van der Waals surface area contributed by atoms with Gasteiger partial charge in [0.2, 0.25) is 0 Å². The van der Waals surface area contributed by atoms with Gasteiger partial charge in [0.1, 0.15) is 0 Å². The van der Waals surface area contributed by atoms with Gasteiger partial charge in [0.05, 0.1) is 6.61 Å². The zero-order chi connectivity index (χ0) is 14.5. The molecule has 0 fully saturated rings. The zero-order valence-corrected chi connectivity index (χ0v) is 12.1. The second-order valence-electron chi connectivity index (χ2n) is 3.72. The minimum Gasteiger partial charge on any atom is -0.461 e. The Morgan fingerprint density at radius 1 is 1.35 bits per heavy atom. The number of carbonyl (C=O) groups is 2. The molecule has 0 aliphatic carbocycles. The van der Waals surface area contributed by atoms with Crippen LogP contribution in [0.2, 0.25) is 5.02 Å². The van der Waals surface area contributed by atoms with Crippen molar-refractivity contribution in [3.63, 3.8) is 0 Å². The molecule has 0 atom stereocenters. The lowest BCUT2D eigenvalue weighted by Crippen LogP contribution is -2.12. The summed E-state index contributed by atoms with van der Waals surface area (Å²) in [5, 5.41) is 5.05. The topological polar surface area (TPSA) is 68.3 Å². The van der Waals surface area contributed by atoms with Gasteiger partial charge in [-0.1, -0.05) is 11.6 Å². The molecule has 7 heteroatoms. The number of rotatable bonds is 4. The third-order valence-corrected chi connectivity index (χ3v) is 3.33. The third-order valence-electron chi connectivity index (χ3n) is 2.32. The smallest absolute Gasteiger partial charge is 0.357 e. The van der Waals surface area contributed by atoms with Gasteiger partial charge in [0, 0.05) is 16.0 Å². The van der Waals surface area contributed by atoms with E-state index in [1.807, 2.05) is 0 Å². The Morgan fingerprint density at radius 2 is 2.05 bits per heavy atom. The molecular formula is C13H11ClN2O3S. The van der Waals surface area contributed by atoms with Crippen LogP contribution in [-0.4, -0.2) is 23.5 Å². The van der Waals surface area contributed by atoms with E-state index in [-0.39, 0.29) is 18.2 Å². The summed E-state index contributed by atoms with van der Waals surface area (Å²) < 4.78 is 4.82. The average molecular weight is 311 g/mol. The van der Waals surface area contributed by atoms with Crippen LogP contribution < -0.4 is 5.32 Å². The molecular weight excluding hydrogens is 300 g/mol. The molecule has 1 N–H and O–H groups in total. The standard InChI is InChI=1S/C13H11ClN2O3S/c1-2-19-12(18)10-7-20-13(15-10)16-11(17)8-3-5-9(14)6-4-8/h3-7H,2H2,1H3,(H,15,16,17). The predicted molar refractivity (Wildman–Crippen MR) is 77.5 cm³/mol. The Hall–Kier alpha value is -1.92. The summed E-state index contributed by atoms with van der Waals surface area (Å²) in [6, 6.07) is 6.47. The fraction of sp³-hybridized carbons (Fsp3) is 0.154. The van der Waals surface area contributed by atoms with Crippen LogP contribution >= 0.6 is 22.9 Å². The van der Waals surface area contributed by atoms with E-state index < -0.39 is 5.97 Å². The number of nitrogens with one attached hydrogen (secondary N) is 1. The molecule has 1 aromatic heterocycles. The highest BCUT2D eigenvalue weighted by molar-refractivity contribution is 7.14. The summed E-state index contributed by atoms with van der Waals surface area (Å²) in [4.78, 5) is 27.4. The molecule has 0 bridgehead atoms. The van der Waals surface area contributed by atoms with Gasteiger partial charge in [-0.3, -0.25) is 10.1 Å². The van der Waals surface area contributed by atoms with Crippen molar-refractivity contribution in [1.82, 2.24) is 4.98 Å². The van der Waals surface area contributed by atoms with E-state index in [4.69, 9.17) is 16.3 Å². The van der Waals surface area contributed by atoms with Crippen molar-refractivity contribution in [1.29, 1.82) is 0 Å². The number of aromatic nitrogens is 1. The Balaban J connectivity index is 2.05. The van der Waals surface area contributed by atoms with Crippen molar-refractivity contribution in [2.75, 3.05) is 11.9 Å². The Morgan fingerprint density at radius 3 is 2.70 bits per heavy atom. The van der Waals surface area contributed by atoms with Gasteiger partial charge in [-0.2, -0.15) is 0 Å². The van der Waals surface area contributed by atoms with Crippen LogP contribution in [0.25, 0.3) is 0 Å². The van der Waals surface area contributed by atoms with Crippen molar-refractivity contribution in [3.05, 3.63) is 45.9 Å². The number of hydrogen-bond donors (Lipinski definition) is 1. The maximum absolute atomic E-state index is 11.9. The molecule has 104 valence electrons. The number of thiazole rings is 1. The fourth-order valence-electron chi connectivity index (χ4n) is 1.40. The summed E-state index contributed by atoms with van der Waals surface area (Å²) >= 11 is 6.91. The van der Waals surface area contributed by atoms with Gasteiger partial charge in [0.15, 0.2) is 10.8 Å². The van der Waals surface area contributed by atoms with Crippen molar-refractivity contribution < 1.29 is 14.3 Å². The zero-order valence-electron chi connectivity index (χ0n) is 10.6. The molecule has 1 aromatic carbocycles. The Kier molecular flexibility index (Phi) is 4.70. The van der Waals surface area contributed by atoms with Crippen LogP contribution in [0.3, 0.4) is 0 Å². The normalized spacial score (nSPS) is 10.1. The first kappa shape index (κ1) is 14.5. The number of halogens is 1. The van der Waals surface area contributed by atoms with Crippen LogP contribution in [0.5, 0.6) is 0 Å². The molecule has 1 heterocycles. The summed E-state index contributed by atoms with van der Waals surface area (Å²) in [6.07, 6.45) is 0. The lowest BCUT2D eigenvalue weighted by atomic mass is 10.2. The molecule has 5 nitrogen and oxygen atoms in total. The Bertz CT molecular complexity index is 625. The lowest BCUT2D eigenvalue weighted by Gasteiger charge is -2.01. The first-order chi connectivity index (χ1) is 9.60. The van der Waals surface area contributed by atoms with E-state index in [0.29, 0.717) is 15.7 Å². The SMILES string of the molecule is CCOC(=O)c1csc(NC(=O)c2ccc(Cl)cc2)n1. The molecule has 2 rings (SSSR count). The number of amides is 1. The highest BCUT2D eigenvalue weighted by Gasteiger charge is 2.13. The predicted octanol–water partition coefficient (Wildman–Crippen LogP) is 3.23. The van der Waals surface area contributed by atoms with Crippen LogP contribution in [0, 0.1) is 0 Å². The molecule has 0 aliphatic heterocycles. The van der Waals surface area contributed by atoms with E-state index in [1.165, 1.54) is 5.38 Å². The third kappa shape index (κ3) is 3.55. The number of esters is 1. The summed E-state index contributed by atoms with van der Waals surface area (Å²) in [7, 11) is 0. The quantitative estimate of drug-likeness (QED) is 0.880. The van der Waals surface area contributed by atoms with Crippen molar-refractivity contribution >= 4 is 39.9 Å². The molecule has 0 saturated heterocycles. The fourth-order valence-corrected chi connectivity index (χ4v) is 2.20. The molecule has 0 saturated carbocycles. The molecule has 0 unspecified atom stereocenters. The number of ether oxygens (including phenoxy) is 1. The first-order valence-electron chi connectivity index (χ1n) is 5.79. The summed E-state index contributed by atoms with van der Waals surface area (Å²) in [5.74, 6) is -0.817. The number of nitrogens with zero attached hydrogens (tertiary/aromatic N) is 1. The molecule has 2 aromatic rings. The van der Waals surface area contributed by atoms with Crippen LogP contribution in [0.4, 0.5) is 5.13 Å². The lowest BCUT2D eigenvalue weighted by molar-refractivity contribution is 0.0520. The molecule has 0 radical (unpaired) electrons. The second-order valence-corrected chi connectivity index (χ2v) is 5.01.